The van der Waals surface area contributed by atoms with Crippen molar-refractivity contribution in [3.05, 3.63) is 16.4 Å². The molecule has 50 valence electrons. The molecule has 4 heteroatoms. The second kappa shape index (κ2) is 2.05. The van der Waals surface area contributed by atoms with Crippen LogP contribution in [0.5, 0.6) is 0 Å². The summed E-state index contributed by atoms with van der Waals surface area (Å²) in [6, 6.07) is 0. The van der Waals surface area contributed by atoms with Crippen LogP contribution in [0.25, 0.3) is 0 Å². The molecule has 0 radical (unpaired) electrons. The van der Waals surface area contributed by atoms with Crippen molar-refractivity contribution in [1.82, 2.24) is 9.78 Å². The van der Waals surface area contributed by atoms with Gasteiger partial charge in [0.25, 0.3) is 0 Å². The smallest absolute Gasteiger partial charge is 0.392 e. The highest BCUT2D eigenvalue weighted by Gasteiger charge is 1.99. The van der Waals surface area contributed by atoms with E-state index < -0.39 is 5.76 Å². The van der Waals surface area contributed by atoms with E-state index in [1.54, 1.807) is 7.05 Å². The molecule has 0 saturated heterocycles. The number of rotatable bonds is 1. The first-order valence-electron chi connectivity index (χ1n) is 2.77. The lowest BCUT2D eigenvalue weighted by atomic mass is 10.5. The van der Waals surface area contributed by atoms with Crippen LogP contribution in [0.15, 0.2) is 9.21 Å². The molecule has 0 fully saturated rings. The minimum Gasteiger partial charge on any atom is -0.392 e. The van der Waals surface area contributed by atoms with Crippen molar-refractivity contribution in [2.24, 2.45) is 7.05 Å². The number of aromatic nitrogens is 2. The second-order valence-corrected chi connectivity index (χ2v) is 1.74. The Hall–Kier alpha value is -1.06. The molecule has 4 nitrogen and oxygen atoms in total. The van der Waals surface area contributed by atoms with Gasteiger partial charge in [-0.05, 0) is 0 Å². The van der Waals surface area contributed by atoms with Crippen molar-refractivity contribution in [3.8, 4) is 0 Å². The summed E-state index contributed by atoms with van der Waals surface area (Å²) in [4.78, 5) is 10.5. The Balaban J connectivity index is 3.13. The van der Waals surface area contributed by atoms with E-state index in [0.717, 1.165) is 0 Å². The van der Waals surface area contributed by atoms with E-state index in [1.807, 2.05) is 6.92 Å². The molecule has 0 aliphatic rings. The summed E-state index contributed by atoms with van der Waals surface area (Å²) in [6.45, 7) is 1.88. The van der Waals surface area contributed by atoms with Gasteiger partial charge in [0.1, 0.15) is 0 Å². The Labute approximate surface area is 52.1 Å². The molecule has 0 aromatic carbocycles. The van der Waals surface area contributed by atoms with Crippen LogP contribution in [0.4, 0.5) is 0 Å². The minimum absolute atomic E-state index is 0.396. The van der Waals surface area contributed by atoms with Gasteiger partial charge >= 0.3 is 5.76 Å². The van der Waals surface area contributed by atoms with Crippen molar-refractivity contribution >= 4 is 0 Å². The van der Waals surface area contributed by atoms with Crippen LogP contribution in [-0.4, -0.2) is 9.78 Å². The lowest BCUT2D eigenvalue weighted by molar-refractivity contribution is 0.458. The normalized spacial score (nSPS) is 10.0. The Morgan fingerprint density at radius 2 is 2.44 bits per heavy atom. The first-order chi connectivity index (χ1) is 4.24. The van der Waals surface area contributed by atoms with Gasteiger partial charge < -0.3 is 4.42 Å². The highest BCUT2D eigenvalue weighted by molar-refractivity contribution is 4.71. The van der Waals surface area contributed by atoms with Crippen molar-refractivity contribution < 1.29 is 4.42 Å². The first-order valence-corrected chi connectivity index (χ1v) is 2.77. The van der Waals surface area contributed by atoms with Crippen LogP contribution in [0, 0.1) is 0 Å². The fourth-order valence-electron chi connectivity index (χ4n) is 0.538. The fourth-order valence-corrected chi connectivity index (χ4v) is 0.538. The summed E-state index contributed by atoms with van der Waals surface area (Å²) in [5.41, 5.74) is 0. The van der Waals surface area contributed by atoms with E-state index in [-0.39, 0.29) is 0 Å². The lowest BCUT2D eigenvalue weighted by Gasteiger charge is -1.77. The highest BCUT2D eigenvalue weighted by atomic mass is 16.4. The summed E-state index contributed by atoms with van der Waals surface area (Å²) in [5.74, 6) is 0.0920. The molecule has 0 spiro atoms. The topological polar surface area (TPSA) is 48.0 Å². The Kier molecular flexibility index (Phi) is 1.38. The zero-order valence-corrected chi connectivity index (χ0v) is 5.42. The Morgan fingerprint density at radius 1 is 1.78 bits per heavy atom. The third-order valence-electron chi connectivity index (χ3n) is 1.03. The maximum absolute atomic E-state index is 10.5. The predicted octanol–water partition coefficient (Wildman–Crippen LogP) is -0.0643. The maximum atomic E-state index is 10.5. The average molecular weight is 128 g/mol. The maximum Gasteiger partial charge on any atom is 0.436 e. The molecule has 1 aromatic heterocycles. The van der Waals surface area contributed by atoms with E-state index in [1.165, 1.54) is 4.68 Å². The van der Waals surface area contributed by atoms with Gasteiger partial charge in [0.05, 0.1) is 0 Å². The van der Waals surface area contributed by atoms with Gasteiger partial charge in [0, 0.05) is 13.5 Å². The van der Waals surface area contributed by atoms with Crippen molar-refractivity contribution in [3.63, 3.8) is 0 Å². The zero-order chi connectivity index (χ0) is 6.85. The third kappa shape index (κ3) is 1.01. The quantitative estimate of drug-likeness (QED) is 0.532. The summed E-state index contributed by atoms with van der Waals surface area (Å²) in [6.07, 6.45) is 0.663. The second-order valence-electron chi connectivity index (χ2n) is 1.74. The Morgan fingerprint density at radius 3 is 2.67 bits per heavy atom. The van der Waals surface area contributed by atoms with E-state index in [9.17, 15) is 4.79 Å². The van der Waals surface area contributed by atoms with Crippen LogP contribution in [-0.2, 0) is 13.5 Å². The molecular weight excluding hydrogens is 120 g/mol. The molecular formula is C5H8N2O2. The first kappa shape index (κ1) is 6.07. The molecule has 0 bridgehead atoms. The Bertz CT molecular complexity index is 248. The van der Waals surface area contributed by atoms with Gasteiger partial charge in [0.2, 0.25) is 5.89 Å². The van der Waals surface area contributed by atoms with Crippen LogP contribution in [0.2, 0.25) is 0 Å². The monoisotopic (exact) mass is 128 g/mol. The number of aryl methyl sites for hydroxylation is 2. The van der Waals surface area contributed by atoms with Crippen molar-refractivity contribution in [1.29, 1.82) is 0 Å². The average Bonchev–Trinajstić information content (AvgIpc) is 2.13. The molecule has 0 saturated carbocycles. The lowest BCUT2D eigenvalue weighted by Crippen LogP contribution is -2.09. The van der Waals surface area contributed by atoms with Gasteiger partial charge in [-0.25, -0.2) is 4.79 Å². The molecule has 0 N–H and O–H groups in total. The van der Waals surface area contributed by atoms with Crippen LogP contribution in [0.3, 0.4) is 0 Å². The molecule has 0 atom stereocenters. The van der Waals surface area contributed by atoms with E-state index in [0.29, 0.717) is 12.3 Å². The SMILES string of the molecule is CCc1nn(C)c(=O)o1. The van der Waals surface area contributed by atoms with Crippen LogP contribution in [0.1, 0.15) is 12.8 Å². The van der Waals surface area contributed by atoms with Crippen LogP contribution < -0.4 is 5.76 Å². The van der Waals surface area contributed by atoms with Gasteiger partial charge in [-0.15, -0.1) is 5.10 Å². The van der Waals surface area contributed by atoms with Gasteiger partial charge in [-0.1, -0.05) is 6.92 Å². The minimum atomic E-state index is -0.396. The number of hydrogen-bond donors (Lipinski definition) is 0. The summed E-state index contributed by atoms with van der Waals surface area (Å²) in [7, 11) is 1.56. The number of hydrogen-bond acceptors (Lipinski definition) is 3. The summed E-state index contributed by atoms with van der Waals surface area (Å²) in [5, 5.41) is 3.77. The molecule has 1 rings (SSSR count). The van der Waals surface area contributed by atoms with Crippen molar-refractivity contribution in [2.45, 2.75) is 13.3 Å². The van der Waals surface area contributed by atoms with Gasteiger partial charge in [-0.2, -0.15) is 4.68 Å². The third-order valence-corrected chi connectivity index (χ3v) is 1.03. The fraction of sp³-hybridized carbons (Fsp3) is 0.600. The molecule has 0 aliphatic heterocycles. The van der Waals surface area contributed by atoms with Crippen LogP contribution >= 0.6 is 0 Å². The zero-order valence-electron chi connectivity index (χ0n) is 5.42. The molecule has 0 aliphatic carbocycles. The summed E-state index contributed by atoms with van der Waals surface area (Å²) >= 11 is 0. The van der Waals surface area contributed by atoms with Gasteiger partial charge in [-0.3, -0.25) is 0 Å². The molecule has 1 aromatic rings. The standard InChI is InChI=1S/C5H8N2O2/c1-3-4-6-7(2)5(8)9-4/h3H2,1-2H3. The van der Waals surface area contributed by atoms with Crippen molar-refractivity contribution in [2.75, 3.05) is 0 Å². The molecule has 0 amide bonds. The highest BCUT2D eigenvalue weighted by Crippen LogP contribution is 1.87. The van der Waals surface area contributed by atoms with Gasteiger partial charge in [0.15, 0.2) is 0 Å². The number of nitrogens with zero attached hydrogens (tertiary/aromatic N) is 2. The molecule has 9 heavy (non-hydrogen) atoms. The van der Waals surface area contributed by atoms with E-state index in [4.69, 9.17) is 0 Å². The predicted molar refractivity (Wildman–Crippen MR) is 31.1 cm³/mol. The van der Waals surface area contributed by atoms with E-state index in [2.05, 4.69) is 9.52 Å². The van der Waals surface area contributed by atoms with E-state index >= 15 is 0 Å². The largest absolute Gasteiger partial charge is 0.436 e. The summed E-state index contributed by atoms with van der Waals surface area (Å²) < 4.78 is 5.84. The molecule has 1 heterocycles. The molecule has 0 unspecified atom stereocenters.